The maximum atomic E-state index is 12.2. The number of phenolic OH excluding ortho intramolecular Hbond substituents is 2. The maximum Gasteiger partial charge on any atom is 0.151 e. The fraction of sp³-hybridized carbons (Fsp3) is 0.294. The predicted molar refractivity (Wildman–Crippen MR) is 84.9 cm³/mol. The van der Waals surface area contributed by atoms with Crippen molar-refractivity contribution in [3.63, 3.8) is 0 Å². The molecular formula is C17H18O4S. The van der Waals surface area contributed by atoms with E-state index in [1.54, 1.807) is 48.5 Å². The minimum Gasteiger partial charge on any atom is -0.508 e. The topological polar surface area (TPSA) is 74.6 Å². The van der Waals surface area contributed by atoms with Crippen LogP contribution >= 0.6 is 0 Å². The summed E-state index contributed by atoms with van der Waals surface area (Å²) in [7, 11) is -3.13. The molecule has 4 nitrogen and oxygen atoms in total. The third-order valence-corrected chi connectivity index (χ3v) is 6.21. The Balaban J connectivity index is 2.17. The van der Waals surface area contributed by atoms with Crippen LogP contribution in [0.25, 0.3) is 0 Å². The van der Waals surface area contributed by atoms with E-state index in [1.807, 2.05) is 0 Å². The van der Waals surface area contributed by atoms with Gasteiger partial charge < -0.3 is 10.2 Å². The molecule has 0 bridgehead atoms. The highest BCUT2D eigenvalue weighted by Crippen LogP contribution is 2.42. The Kier molecular flexibility index (Phi) is 3.60. The molecule has 1 aliphatic rings. The van der Waals surface area contributed by atoms with Crippen molar-refractivity contribution in [1.82, 2.24) is 0 Å². The summed E-state index contributed by atoms with van der Waals surface area (Å²) in [5.41, 5.74) is 1.12. The summed E-state index contributed by atoms with van der Waals surface area (Å²) in [6.07, 6.45) is 1.33. The van der Waals surface area contributed by atoms with Crippen LogP contribution in [0.3, 0.4) is 0 Å². The molecule has 0 aromatic heterocycles. The molecule has 2 aromatic rings. The van der Waals surface area contributed by atoms with Crippen molar-refractivity contribution in [1.29, 1.82) is 0 Å². The van der Waals surface area contributed by atoms with Gasteiger partial charge in [-0.1, -0.05) is 24.3 Å². The minimum absolute atomic E-state index is 0.0511. The number of hydrogen-bond acceptors (Lipinski definition) is 4. The van der Waals surface area contributed by atoms with Gasteiger partial charge in [-0.25, -0.2) is 8.42 Å². The maximum absolute atomic E-state index is 12.2. The summed E-state index contributed by atoms with van der Waals surface area (Å²) in [6.45, 7) is 0. The molecule has 22 heavy (non-hydrogen) atoms. The standard InChI is InChI=1S/C17H18O4S/c18-15-6-2-13(3-7-15)17(10-1-11-22(20,21)12-17)14-4-8-16(19)9-5-14/h2-9,18-19H,1,10-12H2. The Bertz CT molecular complexity index is 716. The Morgan fingerprint density at radius 1 is 0.818 bits per heavy atom. The molecule has 0 unspecified atom stereocenters. The lowest BCUT2D eigenvalue weighted by Crippen LogP contribution is -2.41. The summed E-state index contributed by atoms with van der Waals surface area (Å²) in [5.74, 6) is 0.576. The highest BCUT2D eigenvalue weighted by Gasteiger charge is 2.41. The Morgan fingerprint density at radius 2 is 1.27 bits per heavy atom. The number of sulfone groups is 1. The molecule has 2 N–H and O–H groups in total. The molecule has 1 heterocycles. The van der Waals surface area contributed by atoms with Crippen LogP contribution in [-0.4, -0.2) is 30.1 Å². The van der Waals surface area contributed by atoms with E-state index in [9.17, 15) is 18.6 Å². The minimum atomic E-state index is -3.13. The summed E-state index contributed by atoms with van der Waals surface area (Å²) in [5, 5.41) is 19.0. The molecule has 0 spiro atoms. The van der Waals surface area contributed by atoms with Crippen LogP contribution < -0.4 is 0 Å². The largest absolute Gasteiger partial charge is 0.508 e. The van der Waals surface area contributed by atoms with Crippen molar-refractivity contribution < 1.29 is 18.6 Å². The van der Waals surface area contributed by atoms with Crippen LogP contribution in [-0.2, 0) is 15.3 Å². The molecule has 3 rings (SSSR count). The zero-order valence-electron chi connectivity index (χ0n) is 12.1. The number of benzene rings is 2. The Hall–Kier alpha value is -2.01. The number of aromatic hydroxyl groups is 2. The van der Waals surface area contributed by atoms with Gasteiger partial charge in [-0.05, 0) is 48.2 Å². The van der Waals surface area contributed by atoms with Crippen molar-refractivity contribution >= 4 is 9.84 Å². The molecule has 5 heteroatoms. The van der Waals surface area contributed by atoms with E-state index in [0.717, 1.165) is 17.5 Å². The van der Waals surface area contributed by atoms with Gasteiger partial charge in [0.05, 0.1) is 11.5 Å². The predicted octanol–water partition coefficient (Wildman–Crippen LogP) is 2.59. The Labute approximate surface area is 130 Å². The van der Waals surface area contributed by atoms with Gasteiger partial charge in [-0.15, -0.1) is 0 Å². The quantitative estimate of drug-likeness (QED) is 0.892. The number of hydrogen-bond donors (Lipinski definition) is 2. The first-order valence-corrected chi connectivity index (χ1v) is 9.03. The molecule has 0 saturated carbocycles. The van der Waals surface area contributed by atoms with E-state index in [-0.39, 0.29) is 23.0 Å². The molecular weight excluding hydrogens is 300 g/mol. The molecule has 0 atom stereocenters. The van der Waals surface area contributed by atoms with Gasteiger partial charge in [0.15, 0.2) is 9.84 Å². The zero-order valence-corrected chi connectivity index (χ0v) is 12.9. The SMILES string of the molecule is O=S1(=O)CCCC(c2ccc(O)cc2)(c2ccc(O)cc2)C1. The van der Waals surface area contributed by atoms with E-state index in [0.29, 0.717) is 6.42 Å². The van der Waals surface area contributed by atoms with Gasteiger partial charge in [-0.3, -0.25) is 0 Å². The molecule has 0 radical (unpaired) electrons. The van der Waals surface area contributed by atoms with E-state index in [2.05, 4.69) is 0 Å². The second kappa shape index (κ2) is 5.32. The van der Waals surface area contributed by atoms with Crippen LogP contribution in [0.15, 0.2) is 48.5 Å². The van der Waals surface area contributed by atoms with Gasteiger partial charge in [0, 0.05) is 5.41 Å². The van der Waals surface area contributed by atoms with Crippen molar-refractivity contribution in [2.75, 3.05) is 11.5 Å². The summed E-state index contributed by atoms with van der Waals surface area (Å²) in [4.78, 5) is 0. The van der Waals surface area contributed by atoms with Gasteiger partial charge in [-0.2, -0.15) is 0 Å². The first kappa shape index (κ1) is 14.9. The monoisotopic (exact) mass is 318 g/mol. The van der Waals surface area contributed by atoms with Crippen molar-refractivity contribution in [2.24, 2.45) is 0 Å². The number of rotatable bonds is 2. The van der Waals surface area contributed by atoms with Gasteiger partial charge in [0.2, 0.25) is 0 Å². The number of phenols is 2. The highest BCUT2D eigenvalue weighted by molar-refractivity contribution is 7.91. The second-order valence-electron chi connectivity index (χ2n) is 5.87. The first-order chi connectivity index (χ1) is 10.4. The lowest BCUT2D eigenvalue weighted by Gasteiger charge is -2.38. The smallest absolute Gasteiger partial charge is 0.151 e. The third-order valence-electron chi connectivity index (χ3n) is 4.36. The molecule has 1 aliphatic heterocycles. The zero-order chi connectivity index (χ0) is 15.8. The molecule has 0 aliphatic carbocycles. The van der Waals surface area contributed by atoms with Crippen molar-refractivity contribution in [3.8, 4) is 11.5 Å². The van der Waals surface area contributed by atoms with Crippen molar-refractivity contribution in [2.45, 2.75) is 18.3 Å². The summed E-state index contributed by atoms with van der Waals surface area (Å²) in [6, 6.07) is 13.5. The lowest BCUT2D eigenvalue weighted by molar-refractivity contribution is 0.462. The molecule has 0 amide bonds. The average molecular weight is 318 g/mol. The first-order valence-electron chi connectivity index (χ1n) is 7.21. The van der Waals surface area contributed by atoms with Crippen LogP contribution in [0.1, 0.15) is 24.0 Å². The molecule has 1 fully saturated rings. The van der Waals surface area contributed by atoms with Crippen LogP contribution in [0.2, 0.25) is 0 Å². The summed E-state index contributed by atoms with van der Waals surface area (Å²) < 4.78 is 24.5. The fourth-order valence-corrected chi connectivity index (χ4v) is 5.25. The second-order valence-corrected chi connectivity index (χ2v) is 8.06. The van der Waals surface area contributed by atoms with Crippen LogP contribution in [0.5, 0.6) is 11.5 Å². The van der Waals surface area contributed by atoms with Gasteiger partial charge >= 0.3 is 0 Å². The molecule has 116 valence electrons. The van der Waals surface area contributed by atoms with Crippen LogP contribution in [0.4, 0.5) is 0 Å². The van der Waals surface area contributed by atoms with Crippen molar-refractivity contribution in [3.05, 3.63) is 59.7 Å². The third kappa shape index (κ3) is 2.68. The van der Waals surface area contributed by atoms with E-state index >= 15 is 0 Å². The van der Waals surface area contributed by atoms with E-state index in [4.69, 9.17) is 0 Å². The molecule has 2 aromatic carbocycles. The fourth-order valence-electron chi connectivity index (χ4n) is 3.30. The van der Waals surface area contributed by atoms with E-state index in [1.165, 1.54) is 0 Å². The average Bonchev–Trinajstić information content (AvgIpc) is 2.47. The summed E-state index contributed by atoms with van der Waals surface area (Å²) >= 11 is 0. The normalized spacial score (nSPS) is 19.6. The van der Waals surface area contributed by atoms with E-state index < -0.39 is 15.3 Å². The van der Waals surface area contributed by atoms with Gasteiger partial charge in [0.1, 0.15) is 11.5 Å². The lowest BCUT2D eigenvalue weighted by atomic mass is 9.72. The Morgan fingerprint density at radius 3 is 1.68 bits per heavy atom. The highest BCUT2D eigenvalue weighted by atomic mass is 32.2. The van der Waals surface area contributed by atoms with Crippen LogP contribution in [0, 0.1) is 0 Å². The van der Waals surface area contributed by atoms with Gasteiger partial charge in [0.25, 0.3) is 0 Å². The molecule has 1 saturated heterocycles.